The maximum absolute atomic E-state index is 9.02. The van der Waals surface area contributed by atoms with Crippen LogP contribution in [0.25, 0.3) is 0 Å². The van der Waals surface area contributed by atoms with E-state index in [2.05, 4.69) is 0 Å². The first-order valence-corrected chi connectivity index (χ1v) is 7.63. The Kier molecular flexibility index (Phi) is 7.15. The molecule has 14 heavy (non-hydrogen) atoms. The van der Waals surface area contributed by atoms with E-state index in [1.54, 1.807) is 0 Å². The molecule has 0 aliphatic carbocycles. The molecule has 0 aliphatic heterocycles. The second-order valence-corrected chi connectivity index (χ2v) is 5.53. The average Bonchev–Trinajstić information content (AvgIpc) is 2.04. The van der Waals surface area contributed by atoms with Gasteiger partial charge in [0.2, 0.25) is 0 Å². The summed E-state index contributed by atoms with van der Waals surface area (Å²) < 4.78 is 31.4. The Morgan fingerprint density at radius 3 is 2.07 bits per heavy atom. The van der Waals surface area contributed by atoms with E-state index in [0.717, 1.165) is 6.42 Å². The van der Waals surface area contributed by atoms with Crippen molar-refractivity contribution >= 4 is 0 Å². The van der Waals surface area contributed by atoms with Gasteiger partial charge in [-0.05, 0) is 0 Å². The van der Waals surface area contributed by atoms with Crippen LogP contribution in [-0.2, 0) is 21.5 Å². The van der Waals surface area contributed by atoms with Gasteiger partial charge in [0.1, 0.15) is 0 Å². The molecule has 0 fully saturated rings. The van der Waals surface area contributed by atoms with E-state index in [-0.39, 0.29) is 12.5 Å². The molecule has 0 spiro atoms. The first-order chi connectivity index (χ1) is 6.44. The molecule has 0 saturated carbocycles. The molecule has 0 heterocycles. The fraction of sp³-hybridized carbons (Fsp3) is 1.00. The van der Waals surface area contributed by atoms with Gasteiger partial charge < -0.3 is 0 Å². The van der Waals surface area contributed by atoms with Crippen LogP contribution < -0.4 is 0 Å². The topological polar surface area (TPSA) is 90.2 Å². The Bertz CT molecular complexity index is 143. The Labute approximate surface area is 89.6 Å². The molecule has 86 valence electrons. The minimum atomic E-state index is -4.94. The molecule has 4 N–H and O–H groups in total. The standard InChI is InChI=1S/C8H17O2.3H2O.Ti/c1-3-5-8(10)7(4-2)6-9;;;;/h7-9H,3-6H2,1-2H3;3*1H2;/q-1;;;;+4/p-3. The quantitative estimate of drug-likeness (QED) is 0.472. The normalized spacial score (nSPS) is 16.7. The Hall–Kier alpha value is 0.514. The molecule has 0 saturated heterocycles. The van der Waals surface area contributed by atoms with E-state index in [0.29, 0.717) is 12.8 Å². The van der Waals surface area contributed by atoms with Crippen LogP contribution in [0.5, 0.6) is 0 Å². The zero-order valence-electron chi connectivity index (χ0n) is 8.68. The molecule has 0 rings (SSSR count). The Morgan fingerprint density at radius 2 is 1.79 bits per heavy atom. The SMILES string of the molecule is CCCC([O][Ti]([OH])([OH])[OH])C(CC)CO. The van der Waals surface area contributed by atoms with Crippen LogP contribution in [0.3, 0.4) is 0 Å². The summed E-state index contributed by atoms with van der Waals surface area (Å²) in [5.74, 6) is -0.147. The van der Waals surface area contributed by atoms with Gasteiger partial charge in [-0.15, -0.1) is 0 Å². The summed E-state index contributed by atoms with van der Waals surface area (Å²) in [6, 6.07) is 0. The van der Waals surface area contributed by atoms with E-state index in [1.165, 1.54) is 0 Å². The molecule has 6 heteroatoms. The fourth-order valence-electron chi connectivity index (χ4n) is 1.39. The summed E-state index contributed by atoms with van der Waals surface area (Å²) in [4.78, 5) is 0. The molecule has 0 bridgehead atoms. The van der Waals surface area contributed by atoms with Gasteiger partial charge in [0.15, 0.2) is 0 Å². The van der Waals surface area contributed by atoms with Crippen molar-refractivity contribution in [3.8, 4) is 0 Å². The van der Waals surface area contributed by atoms with Crippen LogP contribution in [0.1, 0.15) is 33.1 Å². The second-order valence-electron chi connectivity index (χ2n) is 3.37. The molecular weight excluding hydrogens is 224 g/mol. The predicted octanol–water partition coefficient (Wildman–Crippen LogP) is -0.0190. The van der Waals surface area contributed by atoms with Gasteiger partial charge in [0.05, 0.1) is 0 Å². The summed E-state index contributed by atoms with van der Waals surface area (Å²) in [6.07, 6.45) is 1.63. The molecule has 2 atom stereocenters. The van der Waals surface area contributed by atoms with Crippen LogP contribution in [0.4, 0.5) is 0 Å². The van der Waals surface area contributed by atoms with Crippen LogP contribution in [0.2, 0.25) is 0 Å². The monoisotopic (exact) mass is 244 g/mol. The van der Waals surface area contributed by atoms with Crippen molar-refractivity contribution < 1.29 is 37.6 Å². The molecule has 0 amide bonds. The fourth-order valence-corrected chi connectivity index (χ4v) is 2.51. The molecule has 2 unspecified atom stereocenters. The molecule has 0 aromatic heterocycles. The number of rotatable bonds is 7. The first-order valence-electron chi connectivity index (χ1n) is 4.90. The zero-order valence-corrected chi connectivity index (χ0v) is 10.2. The first kappa shape index (κ1) is 14.5. The third kappa shape index (κ3) is 6.08. The van der Waals surface area contributed by atoms with Gasteiger partial charge in [-0.2, -0.15) is 0 Å². The van der Waals surface area contributed by atoms with E-state index in [9.17, 15) is 0 Å². The average molecular weight is 244 g/mol. The van der Waals surface area contributed by atoms with E-state index < -0.39 is 24.2 Å². The third-order valence-electron chi connectivity index (χ3n) is 2.17. The van der Waals surface area contributed by atoms with Gasteiger partial charge in [-0.25, -0.2) is 0 Å². The summed E-state index contributed by atoms with van der Waals surface area (Å²) in [6.45, 7) is 3.74. The van der Waals surface area contributed by atoms with E-state index in [4.69, 9.17) is 19.5 Å². The van der Waals surface area contributed by atoms with Crippen molar-refractivity contribution in [2.75, 3.05) is 6.61 Å². The molecule has 0 aliphatic rings. The van der Waals surface area contributed by atoms with Gasteiger partial charge >= 0.3 is 89.4 Å². The Balaban J connectivity index is 4.26. The van der Waals surface area contributed by atoms with Crippen LogP contribution in [-0.4, -0.2) is 28.9 Å². The second kappa shape index (κ2) is 6.90. The van der Waals surface area contributed by atoms with Crippen molar-refractivity contribution in [1.29, 1.82) is 0 Å². The van der Waals surface area contributed by atoms with Crippen LogP contribution in [0.15, 0.2) is 0 Å². The van der Waals surface area contributed by atoms with Gasteiger partial charge in [0.25, 0.3) is 0 Å². The Morgan fingerprint density at radius 1 is 1.21 bits per heavy atom. The molecule has 0 radical (unpaired) electrons. The van der Waals surface area contributed by atoms with Crippen molar-refractivity contribution in [1.82, 2.24) is 0 Å². The zero-order chi connectivity index (χ0) is 11.2. The van der Waals surface area contributed by atoms with Crippen molar-refractivity contribution in [2.45, 2.75) is 39.2 Å². The summed E-state index contributed by atoms with van der Waals surface area (Å²) in [7, 11) is 0. The van der Waals surface area contributed by atoms with Crippen LogP contribution >= 0.6 is 0 Å². The summed E-state index contributed by atoms with van der Waals surface area (Å²) >= 11 is -4.94. The third-order valence-corrected chi connectivity index (χ3v) is 3.13. The minimum absolute atomic E-state index is 0.0700. The van der Waals surface area contributed by atoms with E-state index in [1.807, 2.05) is 13.8 Å². The summed E-state index contributed by atoms with van der Waals surface area (Å²) in [5.41, 5.74) is 0. The maximum atomic E-state index is 9.02. The van der Waals surface area contributed by atoms with Crippen molar-refractivity contribution in [3.63, 3.8) is 0 Å². The number of hydrogen-bond donors (Lipinski definition) is 4. The number of hydrogen-bond acceptors (Lipinski definition) is 5. The van der Waals surface area contributed by atoms with Crippen molar-refractivity contribution in [3.05, 3.63) is 0 Å². The number of aliphatic hydroxyl groups is 1. The van der Waals surface area contributed by atoms with E-state index >= 15 is 0 Å². The van der Waals surface area contributed by atoms with Crippen LogP contribution in [0, 0.1) is 5.92 Å². The van der Waals surface area contributed by atoms with Gasteiger partial charge in [-0.3, -0.25) is 0 Å². The summed E-state index contributed by atoms with van der Waals surface area (Å²) in [5, 5.41) is 9.02. The van der Waals surface area contributed by atoms with Gasteiger partial charge in [0, 0.05) is 0 Å². The molecule has 0 aromatic carbocycles. The molecule has 0 aromatic rings. The predicted molar refractivity (Wildman–Crippen MR) is 47.3 cm³/mol. The molecule has 5 nitrogen and oxygen atoms in total. The number of aliphatic hydroxyl groups excluding tert-OH is 1. The van der Waals surface area contributed by atoms with Crippen molar-refractivity contribution in [2.24, 2.45) is 5.92 Å². The van der Waals surface area contributed by atoms with Gasteiger partial charge in [-0.1, -0.05) is 0 Å². The molecular formula is C8H20O5Ti.